The number of para-hydroxylation sites is 1. The molecular weight excluding hydrogens is 593 g/mol. The summed E-state index contributed by atoms with van der Waals surface area (Å²) in [5.41, 5.74) is 8.21. The van der Waals surface area contributed by atoms with Gasteiger partial charge in [-0.3, -0.25) is 0 Å². The lowest BCUT2D eigenvalue weighted by Gasteiger charge is -2.18. The molecule has 0 unspecified atom stereocenters. The van der Waals surface area contributed by atoms with E-state index in [0.29, 0.717) is 0 Å². The van der Waals surface area contributed by atoms with Crippen LogP contribution in [0, 0.1) is 0 Å². The molecule has 0 aliphatic heterocycles. The lowest BCUT2D eigenvalue weighted by atomic mass is 9.85. The van der Waals surface area contributed by atoms with Gasteiger partial charge in [-0.2, -0.15) is 0 Å². The molecule has 0 atom stereocenters. The second kappa shape index (κ2) is 9.38. The zero-order valence-corrected chi connectivity index (χ0v) is 25.8. The summed E-state index contributed by atoms with van der Waals surface area (Å²) < 4.78 is 11.7. The molecule has 0 saturated heterocycles. The fourth-order valence-corrected chi connectivity index (χ4v) is 10.1. The Morgan fingerprint density at radius 2 is 1.16 bits per heavy atom. The zero-order chi connectivity index (χ0) is 28.8. The van der Waals surface area contributed by atoms with Gasteiger partial charge >= 0.3 is 0 Å². The molecule has 0 aliphatic rings. The van der Waals surface area contributed by atoms with Gasteiger partial charge < -0.3 is 4.42 Å². The molecule has 6 aromatic carbocycles. The minimum Gasteiger partial charge on any atom is -0.456 e. The van der Waals surface area contributed by atoms with Gasteiger partial charge in [-0.15, -0.1) is 34.0 Å². The predicted molar refractivity (Wildman–Crippen MR) is 194 cm³/mol. The maximum absolute atomic E-state index is 6.46. The summed E-state index contributed by atoms with van der Waals surface area (Å²) >= 11 is 5.60. The number of thiophene rings is 3. The molecule has 0 bridgehead atoms. The van der Waals surface area contributed by atoms with Crippen LogP contribution in [0.3, 0.4) is 0 Å². The van der Waals surface area contributed by atoms with Crippen molar-refractivity contribution in [2.24, 2.45) is 0 Å². The molecule has 0 fully saturated rings. The quantitative estimate of drug-likeness (QED) is 0.193. The van der Waals surface area contributed by atoms with Crippen LogP contribution in [-0.4, -0.2) is 0 Å². The van der Waals surface area contributed by atoms with Gasteiger partial charge in [0.1, 0.15) is 11.2 Å². The Hall–Kier alpha value is -4.74. The van der Waals surface area contributed by atoms with Crippen LogP contribution >= 0.6 is 34.0 Å². The van der Waals surface area contributed by atoms with Crippen LogP contribution in [0.15, 0.2) is 137 Å². The molecule has 206 valence electrons. The molecule has 0 aliphatic carbocycles. The van der Waals surface area contributed by atoms with Gasteiger partial charge in [0.15, 0.2) is 0 Å². The van der Waals surface area contributed by atoms with Crippen LogP contribution in [0.25, 0.3) is 95.0 Å². The van der Waals surface area contributed by atoms with Gasteiger partial charge in [0.05, 0.1) is 0 Å². The number of benzene rings is 6. The molecule has 4 heterocycles. The third-order valence-electron chi connectivity index (χ3n) is 8.78. The Balaban J connectivity index is 1.47. The van der Waals surface area contributed by atoms with Crippen molar-refractivity contribution in [3.8, 4) is 32.7 Å². The largest absolute Gasteiger partial charge is 0.456 e. The van der Waals surface area contributed by atoms with E-state index in [4.69, 9.17) is 4.42 Å². The van der Waals surface area contributed by atoms with E-state index in [1.54, 1.807) is 0 Å². The normalized spacial score (nSPS) is 12.1. The SMILES string of the molecule is c1ccc2sc(-c3cc4sc5ccccc5c4c(-c4cccc5oc6ccccc6c45)c3-c3csc4ccccc34)cc2c1. The summed E-state index contributed by atoms with van der Waals surface area (Å²) in [6.45, 7) is 0. The molecule has 0 saturated carbocycles. The van der Waals surface area contributed by atoms with Gasteiger partial charge in [0.2, 0.25) is 0 Å². The maximum Gasteiger partial charge on any atom is 0.136 e. The summed E-state index contributed by atoms with van der Waals surface area (Å²) in [6.07, 6.45) is 0. The molecule has 0 N–H and O–H groups in total. The molecule has 0 amide bonds. The van der Waals surface area contributed by atoms with E-state index in [1.165, 1.54) is 78.4 Å². The molecule has 0 radical (unpaired) electrons. The molecular formula is C40H22OS3. The van der Waals surface area contributed by atoms with Crippen LogP contribution in [0.4, 0.5) is 0 Å². The highest BCUT2D eigenvalue weighted by atomic mass is 32.1. The fraction of sp³-hybridized carbons (Fsp3) is 0. The number of fused-ring (bicyclic) bond motifs is 8. The average Bonchev–Trinajstić information content (AvgIpc) is 3.85. The first-order valence-electron chi connectivity index (χ1n) is 14.7. The number of hydrogen-bond donors (Lipinski definition) is 0. The van der Waals surface area contributed by atoms with E-state index in [1.807, 2.05) is 34.0 Å². The summed E-state index contributed by atoms with van der Waals surface area (Å²) in [5.74, 6) is 0. The summed E-state index contributed by atoms with van der Waals surface area (Å²) in [4.78, 5) is 1.29. The third kappa shape index (κ3) is 3.50. The number of furan rings is 1. The molecule has 44 heavy (non-hydrogen) atoms. The highest BCUT2D eigenvalue weighted by Gasteiger charge is 2.26. The molecule has 10 aromatic rings. The number of hydrogen-bond acceptors (Lipinski definition) is 4. The van der Waals surface area contributed by atoms with Crippen LogP contribution in [0.2, 0.25) is 0 Å². The first-order valence-corrected chi connectivity index (χ1v) is 17.2. The Labute approximate surface area is 264 Å². The van der Waals surface area contributed by atoms with Crippen molar-refractivity contribution in [3.63, 3.8) is 0 Å². The predicted octanol–water partition coefficient (Wildman–Crippen LogP) is 13.4. The number of rotatable bonds is 3. The van der Waals surface area contributed by atoms with E-state index < -0.39 is 0 Å². The first-order chi connectivity index (χ1) is 21.8. The van der Waals surface area contributed by atoms with E-state index in [-0.39, 0.29) is 0 Å². The van der Waals surface area contributed by atoms with Crippen LogP contribution < -0.4 is 0 Å². The minimum atomic E-state index is 0.921. The van der Waals surface area contributed by atoms with E-state index in [2.05, 4.69) is 133 Å². The highest BCUT2D eigenvalue weighted by molar-refractivity contribution is 7.26. The molecule has 10 rings (SSSR count). The van der Waals surface area contributed by atoms with Crippen LogP contribution in [0.1, 0.15) is 0 Å². The second-order valence-corrected chi connectivity index (χ2v) is 14.3. The van der Waals surface area contributed by atoms with Crippen molar-refractivity contribution in [1.82, 2.24) is 0 Å². The van der Waals surface area contributed by atoms with E-state index in [9.17, 15) is 0 Å². The Bertz CT molecular complexity index is 2700. The highest BCUT2D eigenvalue weighted by Crippen LogP contribution is 2.54. The van der Waals surface area contributed by atoms with E-state index in [0.717, 1.165) is 16.6 Å². The smallest absolute Gasteiger partial charge is 0.136 e. The topological polar surface area (TPSA) is 13.1 Å². The third-order valence-corrected chi connectivity index (χ3v) is 12.0. The second-order valence-electron chi connectivity index (χ2n) is 11.2. The average molecular weight is 615 g/mol. The molecule has 4 heteroatoms. The maximum atomic E-state index is 6.46. The summed E-state index contributed by atoms with van der Waals surface area (Å²) in [5, 5.41) is 9.90. The van der Waals surface area contributed by atoms with E-state index >= 15 is 0 Å². The lowest BCUT2D eigenvalue weighted by molar-refractivity contribution is 0.669. The fourth-order valence-electron chi connectivity index (χ4n) is 6.90. The van der Waals surface area contributed by atoms with Crippen molar-refractivity contribution >= 4 is 96.3 Å². The van der Waals surface area contributed by atoms with Gasteiger partial charge in [0.25, 0.3) is 0 Å². The van der Waals surface area contributed by atoms with Gasteiger partial charge in [-0.25, -0.2) is 0 Å². The first kappa shape index (κ1) is 24.7. The van der Waals surface area contributed by atoms with Gasteiger partial charge in [-0.1, -0.05) is 84.9 Å². The Morgan fingerprint density at radius 3 is 2.05 bits per heavy atom. The van der Waals surface area contributed by atoms with Crippen molar-refractivity contribution < 1.29 is 4.42 Å². The minimum absolute atomic E-state index is 0.921. The van der Waals surface area contributed by atoms with Crippen molar-refractivity contribution in [1.29, 1.82) is 0 Å². The van der Waals surface area contributed by atoms with Gasteiger partial charge in [0, 0.05) is 72.9 Å². The van der Waals surface area contributed by atoms with Crippen LogP contribution in [-0.2, 0) is 0 Å². The summed E-state index contributed by atoms with van der Waals surface area (Å²) in [6, 6.07) is 46.3. The molecule has 1 nitrogen and oxygen atoms in total. The zero-order valence-electron chi connectivity index (χ0n) is 23.3. The van der Waals surface area contributed by atoms with Crippen LogP contribution in [0.5, 0.6) is 0 Å². The Kier molecular flexibility index (Phi) is 5.26. The molecule has 0 spiro atoms. The summed E-state index contributed by atoms with van der Waals surface area (Å²) in [7, 11) is 0. The van der Waals surface area contributed by atoms with Crippen molar-refractivity contribution in [2.75, 3.05) is 0 Å². The van der Waals surface area contributed by atoms with Crippen molar-refractivity contribution in [3.05, 3.63) is 133 Å². The Morgan fingerprint density at radius 1 is 0.432 bits per heavy atom. The standard InChI is InChI=1S/C40H22OS3/c1-6-17-32-23(10-1)20-35(43-32)28-21-36-39(26-13-4-8-19-34(26)44-36)40(38(28)29-22-42-33-18-7-3-11-24(29)33)27-14-9-16-31-37(27)25-12-2-5-15-30(25)41-31/h1-22H. The monoisotopic (exact) mass is 614 g/mol. The lowest BCUT2D eigenvalue weighted by Crippen LogP contribution is -1.91. The van der Waals surface area contributed by atoms with Gasteiger partial charge in [-0.05, 0) is 58.8 Å². The van der Waals surface area contributed by atoms with Crippen molar-refractivity contribution in [2.45, 2.75) is 0 Å². The molecule has 4 aromatic heterocycles.